The summed E-state index contributed by atoms with van der Waals surface area (Å²) in [5.41, 5.74) is 0.690. The predicted molar refractivity (Wildman–Crippen MR) is 426 cm³/mol. The van der Waals surface area contributed by atoms with Crippen molar-refractivity contribution in [2.75, 3.05) is 54.1 Å². The Hall–Kier alpha value is -5.44. The van der Waals surface area contributed by atoms with Gasteiger partial charge in [-0.25, -0.2) is 0 Å². The highest BCUT2D eigenvalue weighted by molar-refractivity contribution is 5.87. The molecule has 20 aliphatic carbocycles. The van der Waals surface area contributed by atoms with Crippen molar-refractivity contribution >= 4 is 47.8 Å². The van der Waals surface area contributed by atoms with Gasteiger partial charge in [-0.2, -0.15) is 0 Å². The Kier molecular flexibility index (Phi) is 23.2. The van der Waals surface area contributed by atoms with E-state index < -0.39 is 41.4 Å². The third-order valence-electron chi connectivity index (χ3n) is 37.7. The van der Waals surface area contributed by atoms with E-state index in [2.05, 4.69) is 111 Å². The zero-order valence-corrected chi connectivity index (χ0v) is 71.3. The van der Waals surface area contributed by atoms with Crippen LogP contribution in [0.1, 0.15) is 230 Å². The maximum Gasteiger partial charge on any atom is 0.312 e. The zero-order valence-electron chi connectivity index (χ0n) is 71.3. The van der Waals surface area contributed by atoms with E-state index in [1.165, 1.54) is 97.0 Å². The van der Waals surface area contributed by atoms with Crippen LogP contribution in [0, 0.1) is 192 Å². The van der Waals surface area contributed by atoms with E-state index in [0.29, 0.717) is 55.3 Å². The monoisotopic (exact) mass is 1610 g/mol. The minimum atomic E-state index is -0.438. The summed E-state index contributed by atoms with van der Waals surface area (Å²) in [6, 6.07) is 0. The lowest BCUT2D eigenvalue weighted by molar-refractivity contribution is -0.175. The molecule has 0 radical (unpaired) electrons. The molecule has 0 aromatic carbocycles. The topological polar surface area (TPSA) is 247 Å². The lowest BCUT2D eigenvalue weighted by Gasteiger charge is -2.39. The van der Waals surface area contributed by atoms with Crippen molar-refractivity contribution in [1.82, 2.24) is 0 Å². The molecule has 34 atom stereocenters. The summed E-state index contributed by atoms with van der Waals surface area (Å²) in [4.78, 5) is 104. The van der Waals surface area contributed by atoms with Gasteiger partial charge in [-0.3, -0.25) is 38.4 Å². The lowest BCUT2D eigenvalue weighted by Crippen LogP contribution is -2.42. The molecule has 0 heterocycles. The van der Waals surface area contributed by atoms with Crippen LogP contribution in [-0.2, 0) is 95.2 Å². The van der Waals surface area contributed by atoms with Crippen LogP contribution in [0.5, 0.6) is 0 Å². The van der Waals surface area contributed by atoms with E-state index in [0.717, 1.165) is 100 Å². The number of fused-ring (bicyclic) bond motifs is 20. The van der Waals surface area contributed by atoms with Gasteiger partial charge in [-0.1, -0.05) is 124 Å². The fraction of sp³-hybridized carbons (Fsp3) is 0.833. The van der Waals surface area contributed by atoms with Gasteiger partial charge < -0.3 is 56.8 Å². The van der Waals surface area contributed by atoms with E-state index in [1.54, 1.807) is 0 Å². The molecule has 20 heteroatoms. The second-order valence-electron chi connectivity index (χ2n) is 43.0. The van der Waals surface area contributed by atoms with Gasteiger partial charge in [-0.15, -0.1) is 0 Å². The molecule has 0 amide bonds. The zero-order chi connectivity index (χ0) is 81.3. The Balaban J connectivity index is 0.000000112. The molecule has 0 spiro atoms. The summed E-state index contributed by atoms with van der Waals surface area (Å²) < 4.78 is 67.4. The maximum absolute atomic E-state index is 13.4. The Bertz CT molecular complexity index is 3830. The van der Waals surface area contributed by atoms with Crippen LogP contribution in [-0.4, -0.2) is 126 Å². The molecule has 34 unspecified atom stereocenters. The smallest absolute Gasteiger partial charge is 0.312 e. The van der Waals surface area contributed by atoms with Crippen molar-refractivity contribution in [3.8, 4) is 0 Å². The highest BCUT2D eigenvalue weighted by Crippen LogP contribution is 2.70. The summed E-state index contributed by atoms with van der Waals surface area (Å²) in [5, 5.41) is 0. The number of hydrogen-bond donors (Lipinski definition) is 0. The van der Waals surface area contributed by atoms with Crippen molar-refractivity contribution in [2.45, 2.75) is 254 Å². The van der Waals surface area contributed by atoms with E-state index in [4.69, 9.17) is 56.8 Å². The molecule has 0 aromatic rings. The first kappa shape index (κ1) is 82.9. The maximum atomic E-state index is 13.4. The molecule has 0 N–H and O–H groups in total. The first-order chi connectivity index (χ1) is 55.5. The van der Waals surface area contributed by atoms with Crippen LogP contribution in [0.25, 0.3) is 0 Å². The number of esters is 8. The number of methoxy groups -OCH3 is 1. The third-order valence-corrected chi connectivity index (χ3v) is 37.7. The number of rotatable bonds is 25. The van der Waals surface area contributed by atoms with E-state index in [9.17, 15) is 38.4 Å². The Morgan fingerprint density at radius 1 is 0.302 bits per heavy atom. The normalized spacial score (nSPS) is 45.9. The molecule has 20 bridgehead atoms. The average molecular weight is 1610 g/mol. The third kappa shape index (κ3) is 14.6. The predicted octanol–water partition coefficient (Wildman–Crippen LogP) is 16.3. The molecule has 0 aliphatic heterocycles. The summed E-state index contributed by atoms with van der Waals surface area (Å²) >= 11 is 0. The van der Waals surface area contributed by atoms with Crippen molar-refractivity contribution in [3.63, 3.8) is 0 Å². The minimum Gasteiger partial charge on any atom is -0.462 e. The Labute approximate surface area is 688 Å². The molecule has 0 aromatic heterocycles. The van der Waals surface area contributed by atoms with Gasteiger partial charge >= 0.3 is 47.8 Å². The highest BCUT2D eigenvalue weighted by Gasteiger charge is 2.68. The van der Waals surface area contributed by atoms with Crippen molar-refractivity contribution in [2.24, 2.45) is 192 Å². The highest BCUT2D eigenvalue weighted by atomic mass is 16.7. The number of ether oxygens (including phenoxy) is 12. The summed E-state index contributed by atoms with van der Waals surface area (Å²) in [5.74, 6) is 3.16. The van der Waals surface area contributed by atoms with Crippen molar-refractivity contribution < 1.29 is 95.2 Å². The molecular weight excluding hydrogens is 1470 g/mol. The molecule has 20 nitrogen and oxygen atoms in total. The molecule has 16 saturated carbocycles. The molecule has 0 saturated heterocycles. The van der Waals surface area contributed by atoms with Gasteiger partial charge in [0.1, 0.15) is 24.4 Å². The summed E-state index contributed by atoms with van der Waals surface area (Å²) in [6.07, 6.45) is 45.2. The fourth-order valence-electron chi connectivity index (χ4n) is 29.4. The minimum absolute atomic E-state index is 0.00263. The largest absolute Gasteiger partial charge is 0.462 e. The molecule has 20 aliphatic rings. The molecule has 20 rings (SSSR count). The van der Waals surface area contributed by atoms with Crippen LogP contribution in [0.2, 0.25) is 0 Å². The quantitative estimate of drug-likeness (QED) is 0.0271. The van der Waals surface area contributed by atoms with Crippen molar-refractivity contribution in [3.05, 3.63) is 48.6 Å². The van der Waals surface area contributed by atoms with Crippen LogP contribution < -0.4 is 0 Å². The second-order valence-corrected chi connectivity index (χ2v) is 43.0. The molecule has 640 valence electrons. The molecule has 116 heavy (non-hydrogen) atoms. The van der Waals surface area contributed by atoms with Crippen LogP contribution in [0.15, 0.2) is 48.6 Å². The van der Waals surface area contributed by atoms with Gasteiger partial charge in [-0.05, 0) is 283 Å². The second kappa shape index (κ2) is 32.4. The summed E-state index contributed by atoms with van der Waals surface area (Å²) in [6.45, 7) is 24.3. The number of allylic oxidation sites excluding steroid dienone is 8. The van der Waals surface area contributed by atoms with Gasteiger partial charge in [0.2, 0.25) is 0 Å². The Morgan fingerprint density at radius 2 is 0.586 bits per heavy atom. The van der Waals surface area contributed by atoms with Crippen LogP contribution >= 0.6 is 0 Å². The summed E-state index contributed by atoms with van der Waals surface area (Å²) in [7, 11) is 1.48. The van der Waals surface area contributed by atoms with Crippen LogP contribution in [0.4, 0.5) is 0 Å². The van der Waals surface area contributed by atoms with Gasteiger partial charge in [0.05, 0.1) is 60.6 Å². The number of hydrogen-bond acceptors (Lipinski definition) is 20. The first-order valence-electron chi connectivity index (χ1n) is 46.0. The SMILES string of the molecule is CC1(C)C2CCC1(C)C(OC(=O)C1C3C=CC(C3)C1C(=O)OCOCC1CC3CCC1C3)C2.CCOCOC(=O)C1C2C=CC(C2)C1C(=O)OC1CC2CCC1(C)C2(C)C.COCOC(=O)C1C2C=CC(C2)C1C(=O)OC1CC2CCC1(C)C2(C)C.O=C(OCOCC1CC2CCC1C2)C1C2C=CC(C2)C1C(=O)OC1CC2CCC1C2. The Morgan fingerprint density at radius 3 is 0.836 bits per heavy atom. The lowest BCUT2D eigenvalue weighted by atomic mass is 9.70. The standard InChI is InChI=1S/C28H40O5.C25H34O5.C22H32O5.C21H30O5/c1-27(2)21-8-9-28(27,3)22(13-21)33-26(30)24-19-7-6-18(12-19)23(24)25(29)32-15-31-14-20-11-16-4-5-17(20)10-16;26-24(29-13-28-12-20-9-14-1-3-16(20)7-14)22-18-5-6-19(11-18)23(22)25(27)30-21-10-15-2-4-17(21)8-15;1-5-25-12-26-19(23)17-13-6-7-14(10-13)18(17)20(24)27-16-11-15-8-9-22(16,4)21(15,2)3;1-20(2)14-7-8-21(20,3)15(10-14)26-19(23)17-13-6-5-12(9-13)16(17)18(22)25-11-24-4/h6-7,16-24H,4-5,8-15H2,1-3H3;5-6,14-23H,1-4,7-13H2;6-7,13-18H,5,8-12H2,1-4H3;5-6,12-17H,7-11H2,1-4H3. The van der Waals surface area contributed by atoms with Crippen LogP contribution in [0.3, 0.4) is 0 Å². The molecule has 16 fully saturated rings. The van der Waals surface area contributed by atoms with Gasteiger partial charge in [0.15, 0.2) is 27.2 Å². The van der Waals surface area contributed by atoms with Gasteiger partial charge in [0, 0.05) is 30.0 Å². The number of carbonyl (C=O) groups is 8. The number of carbonyl (C=O) groups excluding carboxylic acids is 8. The fourth-order valence-corrected chi connectivity index (χ4v) is 29.4. The molecular formula is C96H136O20. The average Bonchev–Trinajstić information content (AvgIpc) is 1.56. The van der Waals surface area contributed by atoms with E-state index in [-0.39, 0.29) is 185 Å². The first-order valence-corrected chi connectivity index (χ1v) is 46.0. The van der Waals surface area contributed by atoms with Gasteiger partial charge in [0.25, 0.3) is 0 Å². The van der Waals surface area contributed by atoms with Crippen molar-refractivity contribution in [1.29, 1.82) is 0 Å². The van der Waals surface area contributed by atoms with E-state index >= 15 is 0 Å². The van der Waals surface area contributed by atoms with E-state index in [1.807, 2.05) is 6.92 Å².